The van der Waals surface area contributed by atoms with Crippen molar-refractivity contribution in [3.05, 3.63) is 59.7 Å². The van der Waals surface area contributed by atoms with Crippen LogP contribution in [0.2, 0.25) is 0 Å². The molecule has 2 rings (SSSR count). The minimum absolute atomic E-state index is 0.246. The van der Waals surface area contributed by atoms with Gasteiger partial charge >= 0.3 is 145 Å². The summed E-state index contributed by atoms with van der Waals surface area (Å²) in [6.45, 7) is 10.4. The summed E-state index contributed by atoms with van der Waals surface area (Å²) in [5.74, 6) is 1.51. The molecule has 0 N–H and O–H groups in total. The van der Waals surface area contributed by atoms with E-state index in [-0.39, 0.29) is 5.16 Å². The maximum absolute atomic E-state index is 6.97. The van der Waals surface area contributed by atoms with Crippen molar-refractivity contribution < 1.29 is 9.05 Å². The molecule has 4 heteroatoms. The molecule has 0 spiro atoms. The number of rotatable bonds is 6. The predicted molar refractivity (Wildman–Crippen MR) is 102 cm³/mol. The quantitative estimate of drug-likeness (QED) is 0.539. The fourth-order valence-electron chi connectivity index (χ4n) is 2.02. The molecule has 0 aromatic heterocycles. The number of hydrogen-bond donors (Lipinski definition) is 0. The van der Waals surface area contributed by atoms with E-state index >= 15 is 0 Å². The van der Waals surface area contributed by atoms with Crippen LogP contribution in [-0.4, -0.2) is 5.16 Å². The Kier molecular flexibility index (Phi) is 5.60. The zero-order valence-corrected chi connectivity index (χ0v) is 16.3. The third-order valence-corrected chi connectivity index (χ3v) is 9.20. The van der Waals surface area contributed by atoms with Crippen LogP contribution in [0.3, 0.4) is 0 Å². The molecule has 126 valence electrons. The molecule has 0 unspecified atom stereocenters. The zero-order chi connectivity index (χ0) is 17.1. The summed E-state index contributed by atoms with van der Waals surface area (Å²) >= 11 is 6.97. The van der Waals surface area contributed by atoms with Crippen molar-refractivity contribution in [3.8, 4) is 11.5 Å². The molecule has 0 aliphatic rings. The second-order valence-corrected chi connectivity index (χ2v) is 10.9. The molecule has 0 saturated carbocycles. The van der Waals surface area contributed by atoms with E-state index in [1.807, 2.05) is 62.4 Å². The molecular formula is C19H26ClO2P. The average molecular weight is 353 g/mol. The summed E-state index contributed by atoms with van der Waals surface area (Å²) < 4.78 is 12.5. The fourth-order valence-corrected chi connectivity index (χ4v) is 4.85. The average Bonchev–Trinajstić information content (AvgIpc) is 2.52. The van der Waals surface area contributed by atoms with Crippen molar-refractivity contribution in [1.29, 1.82) is 0 Å². The monoisotopic (exact) mass is 352 g/mol. The Balaban J connectivity index is 2.31. The third-order valence-electron chi connectivity index (χ3n) is 4.23. The molecule has 2 nitrogen and oxygen atoms in total. The number of halogens is 1. The Morgan fingerprint density at radius 3 is 1.48 bits per heavy atom. The third kappa shape index (κ3) is 4.40. The van der Waals surface area contributed by atoms with E-state index in [4.69, 9.17) is 20.3 Å². The van der Waals surface area contributed by atoms with Crippen LogP contribution in [0.25, 0.3) is 0 Å². The van der Waals surface area contributed by atoms with Crippen LogP contribution in [0.5, 0.6) is 11.5 Å². The van der Waals surface area contributed by atoms with Crippen LogP contribution in [0.1, 0.15) is 38.3 Å². The van der Waals surface area contributed by atoms with Gasteiger partial charge in [0.15, 0.2) is 0 Å². The van der Waals surface area contributed by atoms with Gasteiger partial charge in [-0.1, -0.05) is 0 Å². The summed E-state index contributed by atoms with van der Waals surface area (Å²) in [5.41, 5.74) is 2.38. The van der Waals surface area contributed by atoms with Crippen molar-refractivity contribution in [2.75, 3.05) is 0 Å². The first-order valence-electron chi connectivity index (χ1n) is 7.96. The number of benzene rings is 2. The maximum atomic E-state index is 6.97. The molecule has 0 fully saturated rings. The van der Waals surface area contributed by atoms with Crippen LogP contribution in [0, 0.1) is 13.8 Å². The van der Waals surface area contributed by atoms with Gasteiger partial charge in [-0.25, -0.2) is 0 Å². The molecule has 0 heterocycles. The van der Waals surface area contributed by atoms with Crippen molar-refractivity contribution in [3.63, 3.8) is 0 Å². The van der Waals surface area contributed by atoms with Crippen molar-refractivity contribution in [2.24, 2.45) is 0 Å². The van der Waals surface area contributed by atoms with Crippen molar-refractivity contribution in [2.45, 2.75) is 46.2 Å². The second kappa shape index (κ2) is 7.11. The summed E-state index contributed by atoms with van der Waals surface area (Å²) in [4.78, 5) is 0. The molecule has 2 aromatic carbocycles. The van der Waals surface area contributed by atoms with Gasteiger partial charge in [-0.3, -0.25) is 0 Å². The summed E-state index contributed by atoms with van der Waals surface area (Å²) in [6, 6.07) is 15.9. The SMILES string of the molecule is CCC(C)(C)[PH](Cl)(Oc1ccc(C)cc1)Oc1ccc(C)cc1. The molecular weight excluding hydrogens is 327 g/mol. The summed E-state index contributed by atoms with van der Waals surface area (Å²) in [5, 5.41) is -0.246. The first-order valence-corrected chi connectivity index (χ1v) is 10.8. The Labute approximate surface area is 145 Å². The van der Waals surface area contributed by atoms with Crippen LogP contribution in [-0.2, 0) is 0 Å². The van der Waals surface area contributed by atoms with Crippen molar-refractivity contribution in [1.82, 2.24) is 0 Å². The van der Waals surface area contributed by atoms with Gasteiger partial charge in [0, 0.05) is 0 Å². The fraction of sp³-hybridized carbons (Fsp3) is 0.368. The minimum atomic E-state index is -3.02. The Morgan fingerprint density at radius 1 is 0.826 bits per heavy atom. The van der Waals surface area contributed by atoms with Gasteiger partial charge in [-0.05, 0) is 0 Å². The van der Waals surface area contributed by atoms with E-state index in [1.165, 1.54) is 11.1 Å². The number of aryl methyl sites for hydroxylation is 2. The molecule has 0 atom stereocenters. The van der Waals surface area contributed by atoms with Gasteiger partial charge in [0.2, 0.25) is 0 Å². The normalized spacial score (nSPS) is 12.8. The summed E-state index contributed by atoms with van der Waals surface area (Å²) in [6.07, 6.45) is 0.875. The van der Waals surface area contributed by atoms with E-state index in [0.29, 0.717) is 0 Å². The van der Waals surface area contributed by atoms with Gasteiger partial charge in [0.1, 0.15) is 0 Å². The topological polar surface area (TPSA) is 18.5 Å². The predicted octanol–water partition coefficient (Wildman–Crippen LogP) is 6.68. The van der Waals surface area contributed by atoms with Gasteiger partial charge in [-0.2, -0.15) is 0 Å². The van der Waals surface area contributed by atoms with Crippen LogP contribution in [0.4, 0.5) is 0 Å². The first kappa shape index (κ1) is 18.1. The van der Waals surface area contributed by atoms with E-state index < -0.39 is 7.07 Å². The van der Waals surface area contributed by atoms with Gasteiger partial charge in [-0.15, -0.1) is 0 Å². The van der Waals surface area contributed by atoms with E-state index in [0.717, 1.165) is 17.9 Å². The van der Waals surface area contributed by atoms with Gasteiger partial charge < -0.3 is 0 Å². The Bertz CT molecular complexity index is 588. The number of hydrogen-bond acceptors (Lipinski definition) is 2. The van der Waals surface area contributed by atoms with E-state index in [2.05, 4.69) is 20.8 Å². The first-order chi connectivity index (χ1) is 10.8. The zero-order valence-electron chi connectivity index (χ0n) is 14.5. The van der Waals surface area contributed by atoms with Crippen molar-refractivity contribution >= 4 is 18.3 Å². The molecule has 0 saturated heterocycles. The molecule has 2 aromatic rings. The summed E-state index contributed by atoms with van der Waals surface area (Å²) in [7, 11) is -3.02. The molecule has 0 radical (unpaired) electrons. The van der Waals surface area contributed by atoms with Crippen LogP contribution >= 0.6 is 18.3 Å². The van der Waals surface area contributed by atoms with E-state index in [1.54, 1.807) is 0 Å². The van der Waals surface area contributed by atoms with Crippen LogP contribution in [0.15, 0.2) is 48.5 Å². The standard InChI is InChI=1S/C19H26ClO2P/c1-6-19(4,5)23(20,21-17-11-7-15(2)8-12-17)22-18-13-9-16(3)10-14-18/h7-14,23H,6H2,1-5H3. The molecule has 0 amide bonds. The molecule has 0 bridgehead atoms. The van der Waals surface area contributed by atoms with Gasteiger partial charge in [0.25, 0.3) is 0 Å². The second-order valence-electron chi connectivity index (χ2n) is 6.60. The Hall–Kier alpha value is -1.24. The Morgan fingerprint density at radius 2 is 1.17 bits per heavy atom. The van der Waals surface area contributed by atoms with Gasteiger partial charge in [0.05, 0.1) is 0 Å². The molecule has 0 aliphatic heterocycles. The van der Waals surface area contributed by atoms with Crippen LogP contribution < -0.4 is 9.05 Å². The molecule has 23 heavy (non-hydrogen) atoms. The molecule has 0 aliphatic carbocycles. The van der Waals surface area contributed by atoms with E-state index in [9.17, 15) is 0 Å².